The van der Waals surface area contributed by atoms with Crippen LogP contribution < -0.4 is 5.32 Å². The highest BCUT2D eigenvalue weighted by Gasteiger charge is 2.26. The predicted molar refractivity (Wildman–Crippen MR) is 65.3 cm³/mol. The molecule has 1 N–H and O–H groups in total. The number of nitrogens with one attached hydrogen (secondary N) is 1. The summed E-state index contributed by atoms with van der Waals surface area (Å²) < 4.78 is 22.5. The summed E-state index contributed by atoms with van der Waals surface area (Å²) in [6.45, 7) is 2.06. The van der Waals surface area contributed by atoms with E-state index in [2.05, 4.69) is 17.3 Å². The number of hydrogen-bond acceptors (Lipinski definition) is 4. The normalized spacial score (nSPS) is 26.1. The third kappa shape index (κ3) is 3.71. The highest BCUT2D eigenvalue weighted by atomic mass is 32.2. The number of rotatable bonds is 5. The minimum atomic E-state index is -2.71. The Labute approximate surface area is 98.3 Å². The van der Waals surface area contributed by atoms with E-state index < -0.39 is 9.84 Å². The van der Waals surface area contributed by atoms with Crippen LogP contribution in [0.15, 0.2) is 0 Å². The average molecular weight is 246 g/mol. The Balaban J connectivity index is 1.60. The van der Waals surface area contributed by atoms with Gasteiger partial charge in [0.2, 0.25) is 0 Å². The summed E-state index contributed by atoms with van der Waals surface area (Å²) in [4.78, 5) is 2.40. The van der Waals surface area contributed by atoms with Crippen molar-refractivity contribution < 1.29 is 8.42 Å². The second-order valence-electron chi connectivity index (χ2n) is 5.09. The number of likely N-dealkylation sites (N-methyl/N-ethyl adjacent to an activating group) is 1. The highest BCUT2D eigenvalue weighted by Crippen LogP contribution is 2.24. The molecule has 0 aromatic rings. The number of hydrogen-bond donors (Lipinski definition) is 1. The van der Waals surface area contributed by atoms with Crippen LogP contribution in [0.3, 0.4) is 0 Å². The fourth-order valence-corrected chi connectivity index (χ4v) is 3.73. The van der Waals surface area contributed by atoms with Crippen molar-refractivity contribution in [2.45, 2.75) is 37.8 Å². The second-order valence-corrected chi connectivity index (χ2v) is 7.40. The first-order valence-electron chi connectivity index (χ1n) is 6.21. The molecule has 0 spiro atoms. The average Bonchev–Trinajstić information content (AvgIpc) is 3.04. The molecule has 4 nitrogen and oxygen atoms in total. The van der Waals surface area contributed by atoms with Gasteiger partial charge in [-0.25, -0.2) is 8.42 Å². The topological polar surface area (TPSA) is 49.4 Å². The molecule has 0 aromatic heterocycles. The summed E-state index contributed by atoms with van der Waals surface area (Å²) in [7, 11) is -0.540. The van der Waals surface area contributed by atoms with E-state index in [9.17, 15) is 8.42 Å². The molecule has 94 valence electrons. The van der Waals surface area contributed by atoms with Gasteiger partial charge in [-0.05, 0) is 32.7 Å². The van der Waals surface area contributed by atoms with Gasteiger partial charge in [-0.3, -0.25) is 0 Å². The molecule has 0 atom stereocenters. The van der Waals surface area contributed by atoms with E-state index in [1.54, 1.807) is 0 Å². The van der Waals surface area contributed by atoms with Gasteiger partial charge in [0.1, 0.15) is 9.84 Å². The lowest BCUT2D eigenvalue weighted by molar-refractivity contribution is 0.311. The van der Waals surface area contributed by atoms with Crippen molar-refractivity contribution in [2.24, 2.45) is 0 Å². The maximum absolute atomic E-state index is 11.2. The van der Waals surface area contributed by atoms with Crippen LogP contribution in [-0.4, -0.2) is 57.0 Å². The lowest BCUT2D eigenvalue weighted by Gasteiger charge is -2.24. The Morgan fingerprint density at radius 1 is 1.19 bits per heavy atom. The fourth-order valence-electron chi connectivity index (χ4n) is 2.24. The molecule has 0 aromatic carbocycles. The summed E-state index contributed by atoms with van der Waals surface area (Å²) in [5.41, 5.74) is 0. The minimum absolute atomic E-state index is 0.364. The van der Waals surface area contributed by atoms with Gasteiger partial charge in [-0.2, -0.15) is 0 Å². The molecule has 2 rings (SSSR count). The summed E-state index contributed by atoms with van der Waals surface area (Å²) >= 11 is 0. The molecule has 1 aliphatic carbocycles. The van der Waals surface area contributed by atoms with E-state index in [0.29, 0.717) is 17.5 Å². The molecule has 16 heavy (non-hydrogen) atoms. The first kappa shape index (κ1) is 12.3. The molecule has 1 heterocycles. The van der Waals surface area contributed by atoms with Crippen LogP contribution in [-0.2, 0) is 9.84 Å². The summed E-state index contributed by atoms with van der Waals surface area (Å²) in [6, 6.07) is 1.23. The van der Waals surface area contributed by atoms with Crippen molar-refractivity contribution in [3.05, 3.63) is 0 Å². The molecule has 2 fully saturated rings. The van der Waals surface area contributed by atoms with E-state index in [0.717, 1.165) is 32.0 Å². The van der Waals surface area contributed by atoms with Crippen molar-refractivity contribution in [2.75, 3.05) is 31.6 Å². The number of sulfone groups is 1. The molecule has 1 saturated carbocycles. The van der Waals surface area contributed by atoms with Crippen molar-refractivity contribution in [1.82, 2.24) is 10.2 Å². The quantitative estimate of drug-likeness (QED) is 0.755. The Bertz CT molecular complexity index is 311. The molecule has 1 aliphatic heterocycles. The molecule has 0 radical (unpaired) electrons. The van der Waals surface area contributed by atoms with Gasteiger partial charge >= 0.3 is 0 Å². The molecular formula is C11H22N2O2S. The molecule has 2 aliphatic rings. The van der Waals surface area contributed by atoms with Crippen LogP contribution in [0, 0.1) is 0 Å². The lowest BCUT2D eigenvalue weighted by atomic mass is 10.1. The maximum atomic E-state index is 11.2. The fraction of sp³-hybridized carbons (Fsp3) is 1.00. The predicted octanol–water partition coefficient (Wildman–Crippen LogP) is 0.247. The molecule has 5 heteroatoms. The smallest absolute Gasteiger partial charge is 0.150 e. The van der Waals surface area contributed by atoms with Gasteiger partial charge in [0, 0.05) is 25.2 Å². The van der Waals surface area contributed by atoms with Crippen molar-refractivity contribution in [3.8, 4) is 0 Å². The first-order chi connectivity index (χ1) is 7.57. The van der Waals surface area contributed by atoms with Crippen LogP contribution in [0.4, 0.5) is 0 Å². The zero-order valence-electron chi connectivity index (χ0n) is 9.98. The van der Waals surface area contributed by atoms with E-state index in [4.69, 9.17) is 0 Å². The maximum Gasteiger partial charge on any atom is 0.150 e. The monoisotopic (exact) mass is 246 g/mol. The first-order valence-corrected chi connectivity index (χ1v) is 8.03. The molecule has 1 saturated heterocycles. The van der Waals surface area contributed by atoms with E-state index in [1.165, 1.54) is 12.8 Å². The van der Waals surface area contributed by atoms with Gasteiger partial charge < -0.3 is 10.2 Å². The summed E-state index contributed by atoms with van der Waals surface area (Å²) in [6.07, 6.45) is 4.27. The van der Waals surface area contributed by atoms with Gasteiger partial charge in [-0.15, -0.1) is 0 Å². The summed E-state index contributed by atoms with van der Waals surface area (Å²) in [5, 5.41) is 3.47. The Hall–Kier alpha value is -0.130. The molecule has 0 amide bonds. The number of nitrogens with zero attached hydrogens (tertiary/aromatic N) is 1. The zero-order valence-corrected chi connectivity index (χ0v) is 10.8. The van der Waals surface area contributed by atoms with Gasteiger partial charge in [0.25, 0.3) is 0 Å². The molecular weight excluding hydrogens is 224 g/mol. The van der Waals surface area contributed by atoms with Crippen molar-refractivity contribution in [1.29, 1.82) is 0 Å². The van der Waals surface area contributed by atoms with E-state index in [1.807, 2.05) is 0 Å². The van der Waals surface area contributed by atoms with E-state index in [-0.39, 0.29) is 0 Å². The van der Waals surface area contributed by atoms with Crippen molar-refractivity contribution in [3.63, 3.8) is 0 Å². The Morgan fingerprint density at radius 2 is 1.81 bits per heavy atom. The zero-order chi connectivity index (χ0) is 11.6. The van der Waals surface area contributed by atoms with Gasteiger partial charge in [0.15, 0.2) is 0 Å². The third-order valence-electron chi connectivity index (χ3n) is 3.62. The Kier molecular flexibility index (Phi) is 3.87. The highest BCUT2D eigenvalue weighted by molar-refractivity contribution is 7.91. The van der Waals surface area contributed by atoms with Gasteiger partial charge in [-0.1, -0.05) is 0 Å². The van der Waals surface area contributed by atoms with E-state index >= 15 is 0 Å². The molecule has 0 unspecified atom stereocenters. The van der Waals surface area contributed by atoms with Crippen LogP contribution in [0.25, 0.3) is 0 Å². The van der Waals surface area contributed by atoms with Crippen molar-refractivity contribution >= 4 is 9.84 Å². The standard InChI is InChI=1S/C11H22N2O2S/c1-13(11-2-3-11)7-6-12-10-4-8-16(14,15)9-5-10/h10-12H,2-9H2,1H3. The third-order valence-corrected chi connectivity index (χ3v) is 5.34. The van der Waals surface area contributed by atoms with Crippen LogP contribution in [0.2, 0.25) is 0 Å². The molecule has 0 bridgehead atoms. The van der Waals surface area contributed by atoms with Crippen LogP contribution in [0.1, 0.15) is 25.7 Å². The Morgan fingerprint density at radius 3 is 2.38 bits per heavy atom. The van der Waals surface area contributed by atoms with Crippen LogP contribution in [0.5, 0.6) is 0 Å². The lowest BCUT2D eigenvalue weighted by Crippen LogP contribution is -2.41. The SMILES string of the molecule is CN(CCNC1CCS(=O)(=O)CC1)C1CC1. The second kappa shape index (κ2) is 5.02. The minimum Gasteiger partial charge on any atom is -0.313 e. The van der Waals surface area contributed by atoms with Gasteiger partial charge in [0.05, 0.1) is 11.5 Å². The van der Waals surface area contributed by atoms with Crippen LogP contribution >= 0.6 is 0 Å². The largest absolute Gasteiger partial charge is 0.313 e. The summed E-state index contributed by atoms with van der Waals surface area (Å²) in [5.74, 6) is 0.728.